The Kier molecular flexibility index (Phi) is 8.27. The van der Waals surface area contributed by atoms with Crippen LogP contribution in [0.4, 0.5) is 0 Å². The number of rotatable bonds is 9. The SMILES string of the molecule is COC1=C(Br)C(O)C2(C=C1Br)CC(C(=O)NCCCCCN=CNN)=NO2. The van der Waals surface area contributed by atoms with Gasteiger partial charge in [-0.2, -0.15) is 0 Å². The number of nitrogens with two attached hydrogens (primary N) is 1. The van der Waals surface area contributed by atoms with Crippen LogP contribution in [0.1, 0.15) is 25.7 Å². The van der Waals surface area contributed by atoms with E-state index in [2.05, 4.69) is 52.8 Å². The third-order valence-electron chi connectivity index (χ3n) is 4.16. The fraction of sp³-hybridized carbons (Fsp3) is 0.562. The number of carbonyl (C=O) groups excluding carboxylic acids is 1. The minimum atomic E-state index is -1.14. The molecule has 1 spiro atoms. The van der Waals surface area contributed by atoms with E-state index >= 15 is 0 Å². The van der Waals surface area contributed by atoms with Crippen LogP contribution >= 0.6 is 31.9 Å². The van der Waals surface area contributed by atoms with Crippen LogP contribution in [0.15, 0.2) is 30.9 Å². The number of aliphatic hydroxyl groups is 1. The van der Waals surface area contributed by atoms with Crippen molar-refractivity contribution >= 4 is 49.8 Å². The molecular weight excluding hydrogens is 486 g/mol. The Bertz CT molecular complexity index is 680. The maximum Gasteiger partial charge on any atom is 0.269 e. The summed E-state index contributed by atoms with van der Waals surface area (Å²) in [5.41, 5.74) is 1.45. The van der Waals surface area contributed by atoms with Gasteiger partial charge in [-0.05, 0) is 57.2 Å². The molecule has 1 aliphatic heterocycles. The van der Waals surface area contributed by atoms with Crippen LogP contribution in [0.25, 0.3) is 0 Å². The highest BCUT2D eigenvalue weighted by Crippen LogP contribution is 2.43. The summed E-state index contributed by atoms with van der Waals surface area (Å²) in [5, 5.41) is 17.3. The normalized spacial score (nSPS) is 24.7. The lowest BCUT2D eigenvalue weighted by Gasteiger charge is -2.33. The fourth-order valence-electron chi connectivity index (χ4n) is 2.74. The van der Waals surface area contributed by atoms with Gasteiger partial charge in [0.05, 0.1) is 22.4 Å². The van der Waals surface area contributed by atoms with Crippen molar-refractivity contribution in [3.8, 4) is 0 Å². The molecule has 2 aliphatic rings. The van der Waals surface area contributed by atoms with Crippen LogP contribution < -0.4 is 16.6 Å². The Morgan fingerprint density at radius 1 is 1.56 bits per heavy atom. The Morgan fingerprint density at radius 3 is 3.04 bits per heavy atom. The predicted molar refractivity (Wildman–Crippen MR) is 109 cm³/mol. The summed E-state index contributed by atoms with van der Waals surface area (Å²) in [6, 6.07) is 0. The van der Waals surface area contributed by atoms with Gasteiger partial charge in [-0.15, -0.1) is 0 Å². The van der Waals surface area contributed by atoms with E-state index in [1.54, 1.807) is 6.08 Å². The minimum absolute atomic E-state index is 0.155. The third-order valence-corrected chi connectivity index (χ3v) is 5.54. The van der Waals surface area contributed by atoms with Crippen molar-refractivity contribution < 1.29 is 19.5 Å². The molecule has 0 radical (unpaired) electrons. The van der Waals surface area contributed by atoms with E-state index in [-0.39, 0.29) is 18.0 Å². The molecule has 2 unspecified atom stereocenters. The molecule has 150 valence electrons. The largest absolute Gasteiger partial charge is 0.495 e. The lowest BCUT2D eigenvalue weighted by atomic mass is 9.87. The van der Waals surface area contributed by atoms with Gasteiger partial charge in [0.15, 0.2) is 5.60 Å². The van der Waals surface area contributed by atoms with Gasteiger partial charge in [-0.1, -0.05) is 5.16 Å². The Morgan fingerprint density at radius 2 is 2.33 bits per heavy atom. The van der Waals surface area contributed by atoms with Crippen molar-refractivity contribution in [1.82, 2.24) is 10.7 Å². The van der Waals surface area contributed by atoms with Gasteiger partial charge in [0.1, 0.15) is 17.6 Å². The Labute approximate surface area is 174 Å². The van der Waals surface area contributed by atoms with Gasteiger partial charge in [-0.3, -0.25) is 9.79 Å². The van der Waals surface area contributed by atoms with E-state index in [4.69, 9.17) is 15.4 Å². The van der Waals surface area contributed by atoms with Crippen LogP contribution in [-0.4, -0.2) is 55.0 Å². The first kappa shape index (κ1) is 21.9. The molecule has 0 aromatic heterocycles. The topological polar surface area (TPSA) is 131 Å². The van der Waals surface area contributed by atoms with Gasteiger partial charge in [-0.25, -0.2) is 5.84 Å². The highest BCUT2D eigenvalue weighted by Gasteiger charge is 2.50. The number of aliphatic imine (C=N–C) groups is 1. The van der Waals surface area contributed by atoms with Gasteiger partial charge >= 0.3 is 0 Å². The molecule has 9 nitrogen and oxygen atoms in total. The second kappa shape index (κ2) is 10.2. The number of nitrogens with one attached hydrogen (secondary N) is 2. The molecule has 5 N–H and O–H groups in total. The number of oxime groups is 1. The number of aliphatic hydroxyl groups excluding tert-OH is 1. The van der Waals surface area contributed by atoms with Crippen molar-refractivity contribution in [2.24, 2.45) is 16.0 Å². The molecule has 0 aromatic carbocycles. The second-order valence-corrected chi connectivity index (χ2v) is 7.76. The second-order valence-electron chi connectivity index (χ2n) is 6.06. The van der Waals surface area contributed by atoms with Gasteiger partial charge < -0.3 is 25.4 Å². The maximum absolute atomic E-state index is 12.3. The molecule has 1 amide bonds. The first-order valence-electron chi connectivity index (χ1n) is 8.43. The minimum Gasteiger partial charge on any atom is -0.495 e. The van der Waals surface area contributed by atoms with Crippen molar-refractivity contribution in [2.75, 3.05) is 20.2 Å². The summed E-state index contributed by atoms with van der Waals surface area (Å²) in [4.78, 5) is 21.8. The number of allylic oxidation sites excluding steroid dienone is 1. The molecule has 2 atom stereocenters. The number of halogens is 2. The summed E-state index contributed by atoms with van der Waals surface area (Å²) >= 11 is 6.72. The lowest BCUT2D eigenvalue weighted by molar-refractivity contribution is -0.114. The average molecular weight is 509 g/mol. The summed E-state index contributed by atoms with van der Waals surface area (Å²) in [5.74, 6) is 5.25. The number of hydrogen-bond donors (Lipinski definition) is 4. The molecule has 0 fully saturated rings. The van der Waals surface area contributed by atoms with Gasteiger partial charge in [0.25, 0.3) is 5.91 Å². The molecule has 2 rings (SSSR count). The molecule has 0 saturated carbocycles. The van der Waals surface area contributed by atoms with Crippen molar-refractivity contribution in [3.05, 3.63) is 20.8 Å². The van der Waals surface area contributed by atoms with Crippen LogP contribution in [-0.2, 0) is 14.4 Å². The van der Waals surface area contributed by atoms with E-state index < -0.39 is 11.7 Å². The van der Waals surface area contributed by atoms with Gasteiger partial charge in [0, 0.05) is 19.5 Å². The average Bonchev–Trinajstić information content (AvgIpc) is 3.07. The molecule has 27 heavy (non-hydrogen) atoms. The van der Waals surface area contributed by atoms with Crippen LogP contribution in [0.2, 0.25) is 0 Å². The van der Waals surface area contributed by atoms with Crippen molar-refractivity contribution in [1.29, 1.82) is 0 Å². The quantitative estimate of drug-likeness (QED) is 0.122. The molecule has 0 bridgehead atoms. The molecule has 0 aromatic rings. The number of amides is 1. The van der Waals surface area contributed by atoms with E-state index in [0.717, 1.165) is 19.3 Å². The summed E-state index contributed by atoms with van der Waals surface area (Å²) in [6.07, 6.45) is 4.91. The Hall–Kier alpha value is -1.43. The number of carbonyl (C=O) groups is 1. The third kappa shape index (κ3) is 5.31. The van der Waals surface area contributed by atoms with E-state index in [1.165, 1.54) is 13.4 Å². The predicted octanol–water partition coefficient (Wildman–Crippen LogP) is 1.19. The molecular formula is C16H23Br2N5O4. The highest BCUT2D eigenvalue weighted by atomic mass is 79.9. The molecule has 1 aliphatic carbocycles. The number of hydrazine groups is 1. The van der Waals surface area contributed by atoms with Crippen molar-refractivity contribution in [2.45, 2.75) is 37.4 Å². The first-order chi connectivity index (χ1) is 12.9. The summed E-state index contributed by atoms with van der Waals surface area (Å²) < 4.78 is 6.29. The standard InChI is InChI=1S/C16H23Br2N5O4/c1-26-13-10(17)7-16(14(24)12(13)18)8-11(23-27-16)15(25)21-6-4-2-3-5-20-9-22-19/h7,9,14,24H,2-6,8,19H2,1H3,(H,20,22)(H,21,25). The smallest absolute Gasteiger partial charge is 0.269 e. The molecule has 1 heterocycles. The summed E-state index contributed by atoms with van der Waals surface area (Å²) in [6.45, 7) is 1.22. The Balaban J connectivity index is 1.81. The highest BCUT2D eigenvalue weighted by molar-refractivity contribution is 9.12. The number of ether oxygens (including phenoxy) is 1. The lowest BCUT2D eigenvalue weighted by Crippen LogP contribution is -2.45. The zero-order valence-corrected chi connectivity index (χ0v) is 18.0. The first-order valence-corrected chi connectivity index (χ1v) is 10.0. The molecule has 11 heteroatoms. The zero-order chi connectivity index (χ0) is 19.9. The van der Waals surface area contributed by atoms with E-state index in [0.29, 0.717) is 27.8 Å². The monoisotopic (exact) mass is 507 g/mol. The van der Waals surface area contributed by atoms with E-state index in [9.17, 15) is 9.90 Å². The number of hydrogen-bond acceptors (Lipinski definition) is 7. The number of unbranched alkanes of at least 4 members (excludes halogenated alkanes) is 2. The van der Waals surface area contributed by atoms with Crippen molar-refractivity contribution in [3.63, 3.8) is 0 Å². The summed E-state index contributed by atoms with van der Waals surface area (Å²) in [7, 11) is 1.50. The van der Waals surface area contributed by atoms with E-state index in [1.807, 2.05) is 0 Å². The van der Waals surface area contributed by atoms with Gasteiger partial charge in [0.2, 0.25) is 0 Å². The fourth-order valence-corrected chi connectivity index (χ4v) is 4.54. The van der Waals surface area contributed by atoms with Crippen LogP contribution in [0.3, 0.4) is 0 Å². The van der Waals surface area contributed by atoms with Crippen LogP contribution in [0.5, 0.6) is 0 Å². The van der Waals surface area contributed by atoms with Crippen LogP contribution in [0, 0.1) is 0 Å². The molecule has 0 saturated heterocycles. The zero-order valence-electron chi connectivity index (χ0n) is 14.9. The maximum atomic E-state index is 12.3. The number of nitrogens with zero attached hydrogens (tertiary/aromatic N) is 2. The number of methoxy groups -OCH3 is 1.